The summed E-state index contributed by atoms with van der Waals surface area (Å²) in [7, 11) is 0. The largest absolute Gasteiger partial charge is 0.354 e. The molecule has 2 saturated heterocycles. The van der Waals surface area contributed by atoms with Crippen LogP contribution in [0.3, 0.4) is 0 Å². The number of nitro groups is 1. The highest BCUT2D eigenvalue weighted by molar-refractivity contribution is 6.32. The molecule has 0 spiro atoms. The zero-order chi connectivity index (χ0) is 23.2. The molecule has 1 amide bonds. The number of likely N-dealkylation sites (tertiary alicyclic amines) is 1. The van der Waals surface area contributed by atoms with Crippen molar-refractivity contribution in [2.75, 3.05) is 62.6 Å². The molecule has 176 valence electrons. The first-order valence-corrected chi connectivity index (χ1v) is 11.7. The summed E-state index contributed by atoms with van der Waals surface area (Å²) in [6, 6.07) is 10.3. The average molecular weight is 473 g/mol. The van der Waals surface area contributed by atoms with E-state index in [1.165, 1.54) is 18.6 Å². The van der Waals surface area contributed by atoms with Gasteiger partial charge in [-0.1, -0.05) is 17.7 Å². The molecule has 0 radical (unpaired) electrons. The lowest BCUT2D eigenvalue weighted by Crippen LogP contribution is -2.50. The van der Waals surface area contributed by atoms with E-state index in [4.69, 9.17) is 11.6 Å². The van der Waals surface area contributed by atoms with Crippen molar-refractivity contribution in [3.8, 4) is 0 Å². The van der Waals surface area contributed by atoms with Gasteiger partial charge < -0.3 is 10.2 Å². The van der Waals surface area contributed by atoms with Crippen LogP contribution in [0.1, 0.15) is 12.8 Å². The van der Waals surface area contributed by atoms with E-state index in [0.717, 1.165) is 58.1 Å². The van der Waals surface area contributed by atoms with Crippen molar-refractivity contribution in [3.05, 3.63) is 57.7 Å². The van der Waals surface area contributed by atoms with Crippen LogP contribution in [-0.2, 0) is 4.79 Å². The number of rotatable bonds is 7. The molecule has 3 heterocycles. The fourth-order valence-electron chi connectivity index (χ4n) is 4.64. The molecule has 2 aliphatic rings. The summed E-state index contributed by atoms with van der Waals surface area (Å²) >= 11 is 5.85. The topological polar surface area (TPSA) is 94.9 Å². The number of hydrogen-bond acceptors (Lipinski definition) is 7. The number of piperidine rings is 1. The number of carbonyl (C=O) groups is 1. The maximum absolute atomic E-state index is 12.5. The number of amides is 1. The third-order valence-corrected chi connectivity index (χ3v) is 6.58. The van der Waals surface area contributed by atoms with Gasteiger partial charge in [0, 0.05) is 57.2 Å². The van der Waals surface area contributed by atoms with E-state index in [0.29, 0.717) is 11.6 Å². The second-order valence-electron chi connectivity index (χ2n) is 8.69. The molecule has 2 aromatic rings. The van der Waals surface area contributed by atoms with Crippen molar-refractivity contribution in [2.24, 2.45) is 5.92 Å². The molecule has 10 heteroatoms. The number of nitrogens with one attached hydrogen (secondary N) is 1. The van der Waals surface area contributed by atoms with Crippen LogP contribution < -0.4 is 10.2 Å². The number of pyridine rings is 1. The number of carbonyl (C=O) groups excluding carboxylic acids is 1. The smallest absolute Gasteiger partial charge is 0.289 e. The van der Waals surface area contributed by atoms with Crippen molar-refractivity contribution in [2.45, 2.75) is 12.8 Å². The van der Waals surface area contributed by atoms with Gasteiger partial charge in [-0.25, -0.2) is 4.98 Å². The summed E-state index contributed by atoms with van der Waals surface area (Å²) in [4.78, 5) is 34.5. The van der Waals surface area contributed by atoms with Gasteiger partial charge in [0.15, 0.2) is 0 Å². The van der Waals surface area contributed by atoms with Crippen LogP contribution >= 0.6 is 11.6 Å². The van der Waals surface area contributed by atoms with Gasteiger partial charge in [0.05, 0.1) is 11.5 Å². The molecule has 4 rings (SSSR count). The third kappa shape index (κ3) is 6.40. The third-order valence-electron chi connectivity index (χ3n) is 6.26. The average Bonchev–Trinajstić information content (AvgIpc) is 2.81. The number of anilines is 2. The summed E-state index contributed by atoms with van der Waals surface area (Å²) in [5.74, 6) is 1.40. The molecular weight excluding hydrogens is 444 g/mol. The second-order valence-corrected chi connectivity index (χ2v) is 9.10. The van der Waals surface area contributed by atoms with Crippen LogP contribution in [-0.4, -0.2) is 78.0 Å². The lowest BCUT2D eigenvalue weighted by molar-refractivity contribution is -0.384. The molecule has 0 aliphatic carbocycles. The molecule has 1 atom stereocenters. The molecule has 1 aromatic heterocycles. The van der Waals surface area contributed by atoms with Gasteiger partial charge in [-0.15, -0.1) is 0 Å². The van der Waals surface area contributed by atoms with Crippen LogP contribution in [0, 0.1) is 16.0 Å². The monoisotopic (exact) mass is 472 g/mol. The number of nitro benzene ring substituents is 1. The number of aromatic nitrogens is 1. The Hall–Kier alpha value is -2.75. The van der Waals surface area contributed by atoms with Crippen LogP contribution in [0.25, 0.3) is 0 Å². The Morgan fingerprint density at radius 3 is 2.70 bits per heavy atom. The normalized spacial score (nSPS) is 19.9. The Labute approximate surface area is 198 Å². The zero-order valence-corrected chi connectivity index (χ0v) is 19.3. The van der Waals surface area contributed by atoms with Crippen molar-refractivity contribution in [1.82, 2.24) is 14.8 Å². The van der Waals surface area contributed by atoms with Gasteiger partial charge in [-0.05, 0) is 49.6 Å². The lowest BCUT2D eigenvalue weighted by Gasteiger charge is -2.39. The van der Waals surface area contributed by atoms with Crippen LogP contribution in [0.15, 0.2) is 42.6 Å². The number of piperazine rings is 1. The van der Waals surface area contributed by atoms with Crippen molar-refractivity contribution >= 4 is 34.7 Å². The number of nitrogens with zero attached hydrogens (tertiary/aromatic N) is 5. The van der Waals surface area contributed by atoms with Gasteiger partial charge in [0.1, 0.15) is 10.8 Å². The molecule has 2 fully saturated rings. The Bertz CT molecular complexity index is 968. The van der Waals surface area contributed by atoms with Crippen LogP contribution in [0.2, 0.25) is 5.02 Å². The predicted molar refractivity (Wildman–Crippen MR) is 129 cm³/mol. The summed E-state index contributed by atoms with van der Waals surface area (Å²) < 4.78 is 0. The first kappa shape index (κ1) is 23.4. The highest BCUT2D eigenvalue weighted by atomic mass is 35.5. The molecule has 1 aromatic carbocycles. The van der Waals surface area contributed by atoms with E-state index in [9.17, 15) is 14.9 Å². The fourth-order valence-corrected chi connectivity index (χ4v) is 4.83. The highest BCUT2D eigenvalue weighted by Crippen LogP contribution is 2.27. The van der Waals surface area contributed by atoms with E-state index in [-0.39, 0.29) is 23.2 Å². The number of benzene rings is 1. The van der Waals surface area contributed by atoms with Crippen LogP contribution in [0.5, 0.6) is 0 Å². The Kier molecular flexibility index (Phi) is 7.74. The maximum atomic E-state index is 12.5. The standard InChI is InChI=1S/C23H29ClN6O3/c24-20-7-6-19(14-21(20)30(32)33)26-23(31)17-28-9-3-4-18(16-28)15-27-10-12-29(13-11-27)22-5-1-2-8-25-22/h1-2,5-8,14,18H,3-4,9-13,15-17H2,(H,26,31). The first-order chi connectivity index (χ1) is 16.0. The molecule has 9 nitrogen and oxygen atoms in total. The number of hydrogen-bond donors (Lipinski definition) is 1. The molecular formula is C23H29ClN6O3. The van der Waals surface area contributed by atoms with Crippen molar-refractivity contribution < 1.29 is 9.72 Å². The summed E-state index contributed by atoms with van der Waals surface area (Å²) in [6.07, 6.45) is 4.07. The SMILES string of the molecule is O=C(CN1CCCC(CN2CCN(c3ccccn3)CC2)C1)Nc1ccc(Cl)c([N+](=O)[O-])c1. The fraction of sp³-hybridized carbons (Fsp3) is 0.478. The number of halogens is 1. The lowest BCUT2D eigenvalue weighted by atomic mass is 9.97. The molecule has 0 saturated carbocycles. The summed E-state index contributed by atoms with van der Waals surface area (Å²) in [6.45, 7) is 7.07. The Morgan fingerprint density at radius 2 is 1.97 bits per heavy atom. The maximum Gasteiger partial charge on any atom is 0.289 e. The zero-order valence-electron chi connectivity index (χ0n) is 18.5. The van der Waals surface area contributed by atoms with E-state index >= 15 is 0 Å². The minimum Gasteiger partial charge on any atom is -0.354 e. The van der Waals surface area contributed by atoms with E-state index in [1.807, 2.05) is 18.3 Å². The molecule has 1 N–H and O–H groups in total. The van der Waals surface area contributed by atoms with E-state index in [2.05, 4.69) is 31.1 Å². The Morgan fingerprint density at radius 1 is 1.15 bits per heavy atom. The predicted octanol–water partition coefficient (Wildman–Crippen LogP) is 3.12. The van der Waals surface area contributed by atoms with Crippen molar-refractivity contribution in [3.63, 3.8) is 0 Å². The summed E-state index contributed by atoms with van der Waals surface area (Å²) in [5.41, 5.74) is 0.172. The second kappa shape index (κ2) is 10.9. The molecule has 0 bridgehead atoms. The van der Waals surface area contributed by atoms with Gasteiger partial charge >= 0.3 is 0 Å². The molecule has 1 unspecified atom stereocenters. The van der Waals surface area contributed by atoms with Gasteiger partial charge in [0.25, 0.3) is 5.69 Å². The van der Waals surface area contributed by atoms with Crippen LogP contribution in [0.4, 0.5) is 17.2 Å². The minimum absolute atomic E-state index is 0.0535. The minimum atomic E-state index is -0.552. The highest BCUT2D eigenvalue weighted by Gasteiger charge is 2.26. The van der Waals surface area contributed by atoms with E-state index < -0.39 is 4.92 Å². The van der Waals surface area contributed by atoms with Gasteiger partial charge in [0.2, 0.25) is 5.91 Å². The quantitative estimate of drug-likeness (QED) is 0.488. The van der Waals surface area contributed by atoms with Gasteiger partial charge in [-0.3, -0.25) is 24.7 Å². The molecule has 33 heavy (non-hydrogen) atoms. The van der Waals surface area contributed by atoms with Crippen molar-refractivity contribution in [1.29, 1.82) is 0 Å². The van der Waals surface area contributed by atoms with E-state index in [1.54, 1.807) is 6.07 Å². The summed E-state index contributed by atoms with van der Waals surface area (Å²) in [5, 5.41) is 13.9. The van der Waals surface area contributed by atoms with Gasteiger partial charge in [-0.2, -0.15) is 0 Å². The molecule has 2 aliphatic heterocycles. The Balaban J connectivity index is 1.23. The first-order valence-electron chi connectivity index (χ1n) is 11.3.